The first-order valence-corrected chi connectivity index (χ1v) is 9.84. The minimum absolute atomic E-state index is 0.0956. The Morgan fingerprint density at radius 2 is 1.73 bits per heavy atom. The van der Waals surface area contributed by atoms with Gasteiger partial charge < -0.3 is 5.11 Å². The molecule has 0 aliphatic rings. The lowest BCUT2D eigenvalue weighted by Gasteiger charge is -2.09. The maximum Gasteiger partial charge on any atom is 0.354 e. The fourth-order valence-electron chi connectivity index (χ4n) is 3.28. The van der Waals surface area contributed by atoms with E-state index in [0.717, 1.165) is 5.56 Å². The fraction of sp³-hybridized carbons (Fsp3) is 0.0435. The van der Waals surface area contributed by atoms with Crippen molar-refractivity contribution in [2.45, 2.75) is 6.54 Å². The Balaban J connectivity index is 1.86. The summed E-state index contributed by atoms with van der Waals surface area (Å²) in [5.74, 6) is -0.509. The van der Waals surface area contributed by atoms with Crippen LogP contribution in [0.1, 0.15) is 5.56 Å². The number of benzene rings is 2. The summed E-state index contributed by atoms with van der Waals surface area (Å²) in [6, 6.07) is 16.0. The van der Waals surface area contributed by atoms with Gasteiger partial charge in [-0.05, 0) is 48.0 Å². The van der Waals surface area contributed by atoms with Crippen molar-refractivity contribution in [3.8, 4) is 17.0 Å². The molecule has 0 fully saturated rings. The molecule has 2 aromatic heterocycles. The van der Waals surface area contributed by atoms with E-state index in [1.165, 1.54) is 16.5 Å². The van der Waals surface area contributed by atoms with E-state index in [1.54, 1.807) is 59.3 Å². The molecule has 4 nitrogen and oxygen atoms in total. The van der Waals surface area contributed by atoms with Gasteiger partial charge in [0, 0.05) is 21.7 Å². The second kappa shape index (κ2) is 8.30. The number of halogens is 3. The Morgan fingerprint density at radius 3 is 2.43 bits per heavy atom. The van der Waals surface area contributed by atoms with E-state index in [1.807, 2.05) is 12.2 Å². The zero-order valence-corrected chi connectivity index (χ0v) is 17.1. The quantitative estimate of drug-likeness (QED) is 0.446. The van der Waals surface area contributed by atoms with E-state index >= 15 is 0 Å². The highest BCUT2D eigenvalue weighted by Gasteiger charge is 2.24. The predicted molar refractivity (Wildman–Crippen MR) is 116 cm³/mol. The number of hydrogen-bond acceptors (Lipinski definition) is 2. The molecule has 0 bridgehead atoms. The van der Waals surface area contributed by atoms with Crippen molar-refractivity contribution < 1.29 is 14.1 Å². The largest absolute Gasteiger partial charge is 0.477 e. The summed E-state index contributed by atoms with van der Waals surface area (Å²) in [7, 11) is 0. The molecule has 2 heterocycles. The van der Waals surface area contributed by atoms with Crippen molar-refractivity contribution in [2.24, 2.45) is 0 Å². The highest BCUT2D eigenvalue weighted by Crippen LogP contribution is 2.29. The third-order valence-corrected chi connectivity index (χ3v) is 5.08. The topological polar surface area (TPSA) is 45.6 Å². The Labute approximate surface area is 181 Å². The SMILES string of the molecule is O=c1c(-c2cc(Cl)cc(Cl)c2)c(O)[n+](C/C=C/c2ccc(F)cc2)c2ccccn12. The zero-order chi connectivity index (χ0) is 21.3. The molecule has 1 N–H and O–H groups in total. The Bertz CT molecular complexity index is 1310. The molecule has 0 aliphatic heterocycles. The monoisotopic (exact) mass is 441 g/mol. The van der Waals surface area contributed by atoms with Gasteiger partial charge in [0.2, 0.25) is 0 Å². The fourth-order valence-corrected chi connectivity index (χ4v) is 3.81. The summed E-state index contributed by atoms with van der Waals surface area (Å²) in [6.45, 7) is 0.276. The molecule has 2 aromatic carbocycles. The molecule has 4 rings (SSSR count). The van der Waals surface area contributed by atoms with Gasteiger partial charge in [0.05, 0.1) is 6.20 Å². The van der Waals surface area contributed by atoms with Crippen LogP contribution in [0.2, 0.25) is 10.0 Å². The van der Waals surface area contributed by atoms with Crippen molar-refractivity contribution in [1.82, 2.24) is 4.40 Å². The molecule has 0 atom stereocenters. The molecule has 4 aromatic rings. The molecule has 0 spiro atoms. The van der Waals surface area contributed by atoms with Gasteiger partial charge in [-0.3, -0.25) is 0 Å². The van der Waals surface area contributed by atoms with Crippen LogP contribution in [0.3, 0.4) is 0 Å². The molecule has 0 radical (unpaired) electrons. The minimum Gasteiger partial charge on any atom is -0.477 e. The molecule has 30 heavy (non-hydrogen) atoms. The van der Waals surface area contributed by atoms with E-state index in [-0.39, 0.29) is 29.4 Å². The molecule has 0 amide bonds. The second-order valence-corrected chi connectivity index (χ2v) is 7.53. The van der Waals surface area contributed by atoms with Crippen molar-refractivity contribution in [2.75, 3.05) is 0 Å². The van der Waals surface area contributed by atoms with Crippen molar-refractivity contribution >= 4 is 34.9 Å². The van der Waals surface area contributed by atoms with E-state index in [2.05, 4.69) is 0 Å². The van der Waals surface area contributed by atoms with Crippen LogP contribution in [-0.2, 0) is 6.54 Å². The van der Waals surface area contributed by atoms with Crippen LogP contribution in [0.4, 0.5) is 4.39 Å². The second-order valence-electron chi connectivity index (χ2n) is 6.66. The number of hydrogen-bond donors (Lipinski definition) is 1. The normalized spacial score (nSPS) is 11.4. The number of aromatic nitrogens is 2. The van der Waals surface area contributed by atoms with E-state index < -0.39 is 0 Å². The van der Waals surface area contributed by atoms with E-state index in [9.17, 15) is 14.3 Å². The van der Waals surface area contributed by atoms with Crippen LogP contribution in [0, 0.1) is 5.82 Å². The van der Waals surface area contributed by atoms with Crippen LogP contribution in [-0.4, -0.2) is 9.51 Å². The average Bonchev–Trinajstić information content (AvgIpc) is 2.71. The van der Waals surface area contributed by atoms with Gasteiger partial charge >= 0.3 is 5.56 Å². The van der Waals surface area contributed by atoms with Crippen molar-refractivity contribution in [1.29, 1.82) is 0 Å². The standard InChI is InChI=1S/C23H15Cl2FN2O2/c24-17-12-16(13-18(25)14-17)21-22(29)27-10-2-1-5-20(27)28(23(21)30)11-3-4-15-6-8-19(26)9-7-15/h1-10,12-14H,11H2/p+1/b4-3+. The molecule has 0 aliphatic carbocycles. The van der Waals surface area contributed by atoms with Gasteiger partial charge in [-0.25, -0.2) is 9.18 Å². The lowest BCUT2D eigenvalue weighted by atomic mass is 10.1. The molecule has 150 valence electrons. The number of rotatable bonds is 4. The smallest absolute Gasteiger partial charge is 0.354 e. The first-order valence-electron chi connectivity index (χ1n) is 9.09. The molecule has 7 heteroatoms. The van der Waals surface area contributed by atoms with Crippen LogP contribution >= 0.6 is 23.2 Å². The minimum atomic E-state index is -0.389. The summed E-state index contributed by atoms with van der Waals surface area (Å²) < 4.78 is 16.1. The zero-order valence-electron chi connectivity index (χ0n) is 15.6. The number of allylic oxidation sites excluding steroid dienone is 1. The van der Waals surface area contributed by atoms with Gasteiger partial charge in [0.1, 0.15) is 12.4 Å². The van der Waals surface area contributed by atoms with Crippen LogP contribution in [0.15, 0.2) is 77.7 Å². The summed E-state index contributed by atoms with van der Waals surface area (Å²) in [4.78, 5) is 13.1. The summed E-state index contributed by atoms with van der Waals surface area (Å²) in [6.07, 6.45) is 5.26. The first-order chi connectivity index (χ1) is 14.4. The van der Waals surface area contributed by atoms with E-state index in [0.29, 0.717) is 21.3 Å². The van der Waals surface area contributed by atoms with Crippen molar-refractivity contribution in [3.05, 3.63) is 105 Å². The maximum absolute atomic E-state index is 13.1. The van der Waals surface area contributed by atoms with Crippen LogP contribution < -0.4 is 10.1 Å². The van der Waals surface area contributed by atoms with Gasteiger partial charge in [-0.1, -0.05) is 47.5 Å². The number of nitrogens with zero attached hydrogens (tertiary/aromatic N) is 2. The Morgan fingerprint density at radius 1 is 1.03 bits per heavy atom. The molecule has 0 saturated carbocycles. The first kappa shape index (κ1) is 20.1. The summed E-state index contributed by atoms with van der Waals surface area (Å²) in [5, 5.41) is 11.7. The predicted octanol–water partition coefficient (Wildman–Crippen LogP) is 5.12. The molecule has 0 unspecified atom stereocenters. The van der Waals surface area contributed by atoms with Gasteiger partial charge in [-0.2, -0.15) is 8.97 Å². The number of aromatic hydroxyl groups is 1. The summed E-state index contributed by atoms with van der Waals surface area (Å²) >= 11 is 12.2. The third kappa shape index (κ3) is 3.95. The Hall–Kier alpha value is -3.15. The lowest BCUT2D eigenvalue weighted by molar-refractivity contribution is -0.670. The van der Waals surface area contributed by atoms with Gasteiger partial charge in [-0.15, -0.1) is 0 Å². The lowest BCUT2D eigenvalue weighted by Crippen LogP contribution is -2.40. The Kier molecular flexibility index (Phi) is 5.57. The highest BCUT2D eigenvalue weighted by molar-refractivity contribution is 6.35. The number of fused-ring (bicyclic) bond motifs is 1. The third-order valence-electron chi connectivity index (χ3n) is 4.65. The highest BCUT2D eigenvalue weighted by atomic mass is 35.5. The van der Waals surface area contributed by atoms with Crippen LogP contribution in [0.5, 0.6) is 5.88 Å². The molecule has 0 saturated heterocycles. The maximum atomic E-state index is 13.1. The van der Waals surface area contributed by atoms with Crippen LogP contribution in [0.25, 0.3) is 22.9 Å². The van der Waals surface area contributed by atoms with Crippen molar-refractivity contribution in [3.63, 3.8) is 0 Å². The van der Waals surface area contributed by atoms with Gasteiger partial charge in [0.25, 0.3) is 11.5 Å². The molecular weight excluding hydrogens is 426 g/mol. The van der Waals surface area contributed by atoms with Gasteiger partial charge in [0.15, 0.2) is 5.56 Å². The number of pyridine rings is 1. The average molecular weight is 442 g/mol. The van der Waals surface area contributed by atoms with E-state index in [4.69, 9.17) is 23.2 Å². The summed E-state index contributed by atoms with van der Waals surface area (Å²) in [5.41, 5.74) is 1.46. The molecular formula is C23H16Cl2FN2O2+.